The Balaban J connectivity index is 3.11. The third-order valence-corrected chi connectivity index (χ3v) is 1.28. The van der Waals surface area contributed by atoms with Gasteiger partial charge in [-0.05, 0) is 18.9 Å². The van der Waals surface area contributed by atoms with Crippen LogP contribution < -0.4 is 0 Å². The fourth-order valence-electron chi connectivity index (χ4n) is 0.672. The molecule has 0 atom stereocenters. The second kappa shape index (κ2) is 8.48. The SMILES string of the molecule is CC/[C]=C/C=CCCCC. The first-order valence-electron chi connectivity index (χ1n) is 4.13. The van der Waals surface area contributed by atoms with Gasteiger partial charge in [0, 0.05) is 0 Å². The molecular formula is C10H17. The van der Waals surface area contributed by atoms with Gasteiger partial charge in [0.2, 0.25) is 0 Å². The van der Waals surface area contributed by atoms with Gasteiger partial charge < -0.3 is 0 Å². The maximum absolute atomic E-state index is 3.11. The molecule has 0 unspecified atom stereocenters. The molecule has 0 bridgehead atoms. The first-order chi connectivity index (χ1) is 4.91. The minimum atomic E-state index is 1.01. The van der Waals surface area contributed by atoms with Gasteiger partial charge in [0.05, 0.1) is 0 Å². The van der Waals surface area contributed by atoms with E-state index in [-0.39, 0.29) is 0 Å². The molecule has 0 aromatic carbocycles. The summed E-state index contributed by atoms with van der Waals surface area (Å²) in [5.74, 6) is 0. The summed E-state index contributed by atoms with van der Waals surface area (Å²) in [6.07, 6.45) is 14.2. The summed E-state index contributed by atoms with van der Waals surface area (Å²) in [6, 6.07) is 0. The summed E-state index contributed by atoms with van der Waals surface area (Å²) in [6.45, 7) is 4.30. The van der Waals surface area contributed by atoms with Crippen molar-refractivity contribution in [3.63, 3.8) is 0 Å². The fourth-order valence-corrected chi connectivity index (χ4v) is 0.672. The van der Waals surface area contributed by atoms with Crippen LogP contribution in [-0.4, -0.2) is 0 Å². The first kappa shape index (κ1) is 9.48. The fraction of sp³-hybridized carbons (Fsp3) is 0.600. The zero-order valence-electron chi connectivity index (χ0n) is 7.06. The van der Waals surface area contributed by atoms with Crippen LogP contribution >= 0.6 is 0 Å². The molecule has 0 saturated carbocycles. The molecule has 0 fully saturated rings. The van der Waals surface area contributed by atoms with Crippen molar-refractivity contribution in [2.45, 2.75) is 39.5 Å². The van der Waals surface area contributed by atoms with E-state index < -0.39 is 0 Å². The molecule has 0 saturated heterocycles. The van der Waals surface area contributed by atoms with Crippen LogP contribution in [0.1, 0.15) is 39.5 Å². The van der Waals surface area contributed by atoms with Crippen molar-refractivity contribution in [1.82, 2.24) is 0 Å². The van der Waals surface area contributed by atoms with Gasteiger partial charge in [0.15, 0.2) is 0 Å². The molecule has 0 heterocycles. The lowest BCUT2D eigenvalue weighted by Crippen LogP contribution is -1.65. The molecule has 57 valence electrons. The van der Waals surface area contributed by atoms with E-state index in [9.17, 15) is 0 Å². The highest BCUT2D eigenvalue weighted by Gasteiger charge is 1.74. The van der Waals surface area contributed by atoms with Crippen molar-refractivity contribution in [3.05, 3.63) is 24.3 Å². The molecule has 1 radical (unpaired) electrons. The molecule has 0 amide bonds. The topological polar surface area (TPSA) is 0 Å². The van der Waals surface area contributed by atoms with E-state index in [1.54, 1.807) is 0 Å². The first-order valence-corrected chi connectivity index (χ1v) is 4.13. The van der Waals surface area contributed by atoms with E-state index in [4.69, 9.17) is 0 Å². The molecule has 0 spiro atoms. The molecular weight excluding hydrogens is 120 g/mol. The summed E-state index contributed by atoms with van der Waals surface area (Å²) in [7, 11) is 0. The van der Waals surface area contributed by atoms with E-state index in [2.05, 4.69) is 32.1 Å². The number of hydrogen-bond acceptors (Lipinski definition) is 0. The van der Waals surface area contributed by atoms with Crippen LogP contribution in [0.5, 0.6) is 0 Å². The Morgan fingerprint density at radius 1 is 1.30 bits per heavy atom. The van der Waals surface area contributed by atoms with Gasteiger partial charge in [0.1, 0.15) is 0 Å². The van der Waals surface area contributed by atoms with Gasteiger partial charge in [-0.1, -0.05) is 44.9 Å². The molecule has 0 aliphatic carbocycles. The Labute approximate surface area is 64.6 Å². The minimum Gasteiger partial charge on any atom is -0.0845 e. The lowest BCUT2D eigenvalue weighted by Gasteiger charge is -1.84. The standard InChI is InChI=1S/C10H17/c1-3-5-7-9-10-8-6-4-2/h8-10H,3-5,7H2,1-2H3. The average molecular weight is 137 g/mol. The normalized spacial score (nSPS) is 11.8. The highest BCUT2D eigenvalue weighted by atomic mass is 13.8. The Kier molecular flexibility index (Phi) is 8.04. The highest BCUT2D eigenvalue weighted by molar-refractivity contribution is 4.98. The van der Waals surface area contributed by atoms with Crippen LogP contribution in [-0.2, 0) is 0 Å². The third kappa shape index (κ3) is 7.48. The lowest BCUT2D eigenvalue weighted by molar-refractivity contribution is 0.815. The molecule has 0 N–H and O–H groups in total. The quantitative estimate of drug-likeness (QED) is 0.402. The van der Waals surface area contributed by atoms with Crippen molar-refractivity contribution < 1.29 is 0 Å². The van der Waals surface area contributed by atoms with Crippen LogP contribution in [0.2, 0.25) is 0 Å². The maximum Gasteiger partial charge on any atom is -0.0305 e. The molecule has 0 aliphatic rings. The molecule has 10 heavy (non-hydrogen) atoms. The van der Waals surface area contributed by atoms with Gasteiger partial charge >= 0.3 is 0 Å². The zero-order chi connectivity index (χ0) is 7.66. The van der Waals surface area contributed by atoms with Crippen molar-refractivity contribution in [2.75, 3.05) is 0 Å². The highest BCUT2D eigenvalue weighted by Crippen LogP contribution is 1.94. The molecule has 0 aliphatic heterocycles. The summed E-state index contributed by atoms with van der Waals surface area (Å²) in [5, 5.41) is 0. The van der Waals surface area contributed by atoms with E-state index in [1.807, 2.05) is 6.08 Å². The molecule has 0 heteroatoms. The number of unbranched alkanes of at least 4 members (excludes halogenated alkanes) is 2. The van der Waals surface area contributed by atoms with E-state index in [0.29, 0.717) is 0 Å². The van der Waals surface area contributed by atoms with E-state index >= 15 is 0 Å². The molecule has 0 aromatic heterocycles. The molecule has 0 aromatic rings. The zero-order valence-corrected chi connectivity index (χ0v) is 7.06. The van der Waals surface area contributed by atoms with Crippen LogP contribution in [0.4, 0.5) is 0 Å². The Hall–Kier alpha value is -0.520. The summed E-state index contributed by atoms with van der Waals surface area (Å²) in [4.78, 5) is 0. The van der Waals surface area contributed by atoms with Crippen LogP contribution in [0.15, 0.2) is 18.2 Å². The predicted octanol–water partition coefficient (Wildman–Crippen LogP) is 3.50. The van der Waals surface area contributed by atoms with Crippen LogP contribution in [0, 0.1) is 6.08 Å². The van der Waals surface area contributed by atoms with Gasteiger partial charge in [-0.2, -0.15) is 0 Å². The number of allylic oxidation sites excluding steroid dienone is 4. The Bertz CT molecular complexity index is 98.6. The second-order valence-electron chi connectivity index (χ2n) is 2.29. The van der Waals surface area contributed by atoms with Crippen molar-refractivity contribution in [3.8, 4) is 0 Å². The molecule has 0 rings (SSSR count). The van der Waals surface area contributed by atoms with E-state index in [0.717, 1.165) is 6.42 Å². The summed E-state index contributed by atoms with van der Waals surface area (Å²) < 4.78 is 0. The van der Waals surface area contributed by atoms with Gasteiger partial charge in [0.25, 0.3) is 0 Å². The molecule has 0 nitrogen and oxygen atoms in total. The van der Waals surface area contributed by atoms with Gasteiger partial charge in [-0.3, -0.25) is 0 Å². The van der Waals surface area contributed by atoms with Crippen molar-refractivity contribution in [2.24, 2.45) is 0 Å². The monoisotopic (exact) mass is 137 g/mol. The second-order valence-corrected chi connectivity index (χ2v) is 2.29. The maximum atomic E-state index is 3.11. The smallest absolute Gasteiger partial charge is 0.0305 e. The number of rotatable bonds is 5. The largest absolute Gasteiger partial charge is 0.0845 e. The summed E-state index contributed by atoms with van der Waals surface area (Å²) in [5.41, 5.74) is 0. The minimum absolute atomic E-state index is 1.01. The van der Waals surface area contributed by atoms with Crippen molar-refractivity contribution >= 4 is 0 Å². The Morgan fingerprint density at radius 2 is 2.10 bits per heavy atom. The third-order valence-electron chi connectivity index (χ3n) is 1.28. The van der Waals surface area contributed by atoms with Crippen LogP contribution in [0.25, 0.3) is 0 Å². The summed E-state index contributed by atoms with van der Waals surface area (Å²) >= 11 is 0. The number of hydrogen-bond donors (Lipinski definition) is 0. The average Bonchev–Trinajstić information content (AvgIpc) is 1.97. The predicted molar refractivity (Wildman–Crippen MR) is 46.8 cm³/mol. The Morgan fingerprint density at radius 3 is 2.70 bits per heavy atom. The van der Waals surface area contributed by atoms with Gasteiger partial charge in [-0.15, -0.1) is 0 Å². The lowest BCUT2D eigenvalue weighted by atomic mass is 10.2. The van der Waals surface area contributed by atoms with Crippen molar-refractivity contribution in [1.29, 1.82) is 0 Å². The van der Waals surface area contributed by atoms with Gasteiger partial charge in [-0.25, -0.2) is 0 Å². The van der Waals surface area contributed by atoms with Crippen LogP contribution in [0.3, 0.4) is 0 Å². The van der Waals surface area contributed by atoms with E-state index in [1.165, 1.54) is 19.3 Å².